The summed E-state index contributed by atoms with van der Waals surface area (Å²) in [5.74, 6) is 3.52. The van der Waals surface area contributed by atoms with Gasteiger partial charge >= 0.3 is 0 Å². The number of hydrogen-bond acceptors (Lipinski definition) is 15. The zero-order chi connectivity index (χ0) is 71.0. The second-order valence-electron chi connectivity index (χ2n) is 26.6. The molecule has 3 N–H and O–H groups in total. The third kappa shape index (κ3) is 16.8. The van der Waals surface area contributed by atoms with Crippen molar-refractivity contribution in [2.45, 2.75) is 40.0 Å². The van der Waals surface area contributed by atoms with Crippen LogP contribution in [0.5, 0.6) is 34.5 Å². The van der Waals surface area contributed by atoms with Crippen molar-refractivity contribution in [1.29, 1.82) is 0 Å². The molecule has 102 heavy (non-hydrogen) atoms. The highest BCUT2D eigenvalue weighted by molar-refractivity contribution is 7.22. The lowest BCUT2D eigenvalue weighted by molar-refractivity contribution is 0.103. The smallest absolute Gasteiger partial charge is 0.206 e. The van der Waals surface area contributed by atoms with E-state index in [2.05, 4.69) is 35.5 Å². The minimum absolute atomic E-state index is 0.0377. The molecule has 3 saturated heterocycles. The Balaban J connectivity index is 0.000000137. The number of nitrogens with zero attached hydrogens (tertiary/aromatic N) is 3. The van der Waals surface area contributed by atoms with Gasteiger partial charge in [0.1, 0.15) is 66.0 Å². The molecule has 0 aliphatic carbocycles. The van der Waals surface area contributed by atoms with Crippen LogP contribution in [0, 0.1) is 29.4 Å². The van der Waals surface area contributed by atoms with Crippen LogP contribution in [0.1, 0.15) is 85.7 Å². The molecule has 0 radical (unpaired) electrons. The van der Waals surface area contributed by atoms with Gasteiger partial charge in [0.2, 0.25) is 17.3 Å². The molecule has 3 aliphatic heterocycles. The van der Waals surface area contributed by atoms with E-state index in [1.165, 1.54) is 89.7 Å². The molecule has 0 spiro atoms. The van der Waals surface area contributed by atoms with Gasteiger partial charge in [-0.2, -0.15) is 0 Å². The summed E-state index contributed by atoms with van der Waals surface area (Å²) in [4.78, 5) is 49.1. The fourth-order valence-corrected chi connectivity index (χ4v) is 17.4. The quantitative estimate of drug-likeness (QED) is 0.0588. The van der Waals surface area contributed by atoms with E-state index in [4.69, 9.17) is 25.8 Å². The Kier molecular flexibility index (Phi) is 22.6. The van der Waals surface area contributed by atoms with Gasteiger partial charge in [-0.3, -0.25) is 29.1 Å². The molecule has 0 unspecified atom stereocenters. The van der Waals surface area contributed by atoms with Gasteiger partial charge in [-0.25, -0.2) is 8.78 Å². The molecule has 522 valence electrons. The summed E-state index contributed by atoms with van der Waals surface area (Å²) in [5.41, 5.74) is 6.00. The fourth-order valence-electron chi connectivity index (χ4n) is 13.6. The van der Waals surface area contributed by atoms with Gasteiger partial charge in [0.25, 0.3) is 0 Å². The Hall–Kier alpha value is -9.30. The molecule has 15 rings (SSSR count). The summed E-state index contributed by atoms with van der Waals surface area (Å²) in [7, 11) is 0. The first-order valence-electron chi connectivity index (χ1n) is 34.5. The van der Waals surface area contributed by atoms with E-state index in [1.54, 1.807) is 66.7 Å². The summed E-state index contributed by atoms with van der Waals surface area (Å²) in [6, 6.07) is 57.4. The number of ketones is 3. The summed E-state index contributed by atoms with van der Waals surface area (Å²) in [6.45, 7) is 18.3. The van der Waals surface area contributed by atoms with Crippen molar-refractivity contribution in [3.8, 4) is 67.9 Å². The van der Waals surface area contributed by atoms with Gasteiger partial charge in [-0.05, 0) is 213 Å². The number of aromatic hydroxyl groups is 3. The van der Waals surface area contributed by atoms with Crippen molar-refractivity contribution >= 4 is 93.2 Å². The van der Waals surface area contributed by atoms with Gasteiger partial charge in [0.15, 0.2) is 0 Å². The molecule has 6 heterocycles. The highest BCUT2D eigenvalue weighted by atomic mass is 35.5. The lowest BCUT2D eigenvalue weighted by Gasteiger charge is -2.15. The lowest BCUT2D eigenvalue weighted by Crippen LogP contribution is -2.25. The van der Waals surface area contributed by atoms with Gasteiger partial charge < -0.3 is 29.5 Å². The highest BCUT2D eigenvalue weighted by Crippen LogP contribution is 2.46. The number of halogens is 3. The van der Waals surface area contributed by atoms with E-state index in [9.17, 15) is 38.5 Å². The Morgan fingerprint density at radius 2 is 0.775 bits per heavy atom. The Labute approximate surface area is 609 Å². The number of phenolic OH excluding ortho intramolecular Hbond substituents is 3. The zero-order valence-electron chi connectivity index (χ0n) is 56.9. The van der Waals surface area contributed by atoms with Crippen molar-refractivity contribution in [3.05, 3.63) is 248 Å². The second kappa shape index (κ2) is 32.4. The molecule has 0 bridgehead atoms. The first-order valence-corrected chi connectivity index (χ1v) is 37.3. The lowest BCUT2D eigenvalue weighted by atomic mass is 9.98. The van der Waals surface area contributed by atoms with E-state index >= 15 is 0 Å². The van der Waals surface area contributed by atoms with Gasteiger partial charge in [0.05, 0.1) is 25.2 Å². The van der Waals surface area contributed by atoms with Crippen LogP contribution in [0.25, 0.3) is 63.6 Å². The Bertz CT molecular complexity index is 4760. The predicted molar refractivity (Wildman–Crippen MR) is 408 cm³/mol. The maximum atomic E-state index is 14.4. The molecule has 3 fully saturated rings. The number of fused-ring (bicyclic) bond motifs is 3. The maximum absolute atomic E-state index is 14.4. The number of thiophene rings is 3. The summed E-state index contributed by atoms with van der Waals surface area (Å²) >= 11 is 10.3. The number of phenols is 3. The van der Waals surface area contributed by atoms with Crippen LogP contribution in [-0.4, -0.2) is 126 Å². The Morgan fingerprint density at radius 1 is 0.431 bits per heavy atom. The molecule has 12 nitrogen and oxygen atoms in total. The normalized spacial score (nSPS) is 16.2. The predicted octanol–water partition coefficient (Wildman–Crippen LogP) is 19.6. The summed E-state index contributed by atoms with van der Waals surface area (Å²) in [6.07, 6.45) is 3.76. The summed E-state index contributed by atoms with van der Waals surface area (Å²) in [5, 5.41) is 33.0. The minimum Gasteiger partial charge on any atom is -0.508 e. The molecular formula is C84H78ClF2N3O9S3. The van der Waals surface area contributed by atoms with Gasteiger partial charge in [-0.15, -0.1) is 34.0 Å². The van der Waals surface area contributed by atoms with Crippen LogP contribution in [0.4, 0.5) is 8.78 Å². The molecule has 12 aromatic rings. The van der Waals surface area contributed by atoms with Crippen molar-refractivity contribution < 1.29 is 52.7 Å². The number of benzene rings is 9. The van der Waals surface area contributed by atoms with Crippen LogP contribution in [0.3, 0.4) is 0 Å². The SMILES string of the molecule is C[C@H]1CCN(CCOc2ccc(-c3c(C(=O)c4ccc(F)cc4)sc4cc(O)ccc34)cc2)C1.C[C@H]1CCN(CCOc2ccc(-c3c(C(=O)c4ccccc4Cl)sc4cc(O)ccc34)cc2)C1.C[C@H]1CCN(CCOc2ccc(-c3c(C(=O)c4ccccc4F)sc4cc(O)ccc34)cc2)C1. The number of ether oxygens (including phenoxy) is 3. The first-order chi connectivity index (χ1) is 49.5. The topological polar surface area (TPSA) is 149 Å². The molecule has 18 heteroatoms. The molecule has 9 aromatic carbocycles. The third-order valence-corrected chi connectivity index (χ3v) is 22.7. The average molecular weight is 1440 g/mol. The van der Waals surface area contributed by atoms with E-state index in [-0.39, 0.29) is 46.0 Å². The molecule has 0 amide bonds. The largest absolute Gasteiger partial charge is 0.508 e. The average Bonchev–Trinajstić information content (AvgIpc) is 1.63. The van der Waals surface area contributed by atoms with Crippen molar-refractivity contribution in [2.24, 2.45) is 17.8 Å². The second-order valence-corrected chi connectivity index (χ2v) is 30.2. The van der Waals surface area contributed by atoms with Crippen LogP contribution in [0.2, 0.25) is 5.02 Å². The van der Waals surface area contributed by atoms with Crippen LogP contribution in [-0.2, 0) is 0 Å². The molecule has 3 aliphatic rings. The number of carbonyl (C=O) groups excluding carboxylic acids is 3. The van der Waals surface area contributed by atoms with Gasteiger partial charge in [-0.1, -0.05) is 93.0 Å². The van der Waals surface area contributed by atoms with E-state index in [0.29, 0.717) is 50.6 Å². The minimum atomic E-state index is -0.546. The standard InChI is InChI=1S/C28H26ClNO3S.2C28H26FNO3S/c1-18-12-13-30(17-18)14-15-33-21-9-6-19(7-10-21)26-23-11-8-20(31)16-25(23)34-28(26)27(32)22-4-2-3-5-24(22)29;1-18-12-13-30(17-18)14-15-33-23-9-4-19(5-10-23)26-24-11-8-22(31)16-25(24)34-28(26)27(32)20-2-6-21(29)7-3-20;1-18-12-13-30(17-18)14-15-33-21-9-6-19(7-10-21)26-23-11-8-20(31)16-25(23)34-28(26)27(32)22-4-2-3-5-24(22)29/h3*2-11,16,18,31H,12-15,17H2,1H3/t3*18-/m000/s1. The van der Waals surface area contributed by atoms with E-state index in [1.807, 2.05) is 97.1 Å². The molecule has 3 aromatic heterocycles. The van der Waals surface area contributed by atoms with Gasteiger partial charge in [0, 0.05) is 97.3 Å². The first kappa shape index (κ1) is 71.1. The number of carbonyl (C=O) groups is 3. The van der Waals surface area contributed by atoms with Crippen molar-refractivity contribution in [1.82, 2.24) is 14.7 Å². The number of likely N-dealkylation sites (tertiary alicyclic amines) is 3. The molecule has 3 atom stereocenters. The third-order valence-electron chi connectivity index (χ3n) is 19.0. The molecular weight excluding hydrogens is 1360 g/mol. The van der Waals surface area contributed by atoms with Crippen LogP contribution >= 0.6 is 45.6 Å². The van der Waals surface area contributed by atoms with Crippen LogP contribution in [0.15, 0.2) is 200 Å². The summed E-state index contributed by atoms with van der Waals surface area (Å²) < 4.78 is 48.1. The van der Waals surface area contributed by atoms with E-state index in [0.717, 1.165) is 158 Å². The van der Waals surface area contributed by atoms with Crippen molar-refractivity contribution in [2.75, 3.05) is 78.7 Å². The molecule has 0 saturated carbocycles. The monoisotopic (exact) mass is 1440 g/mol. The van der Waals surface area contributed by atoms with Crippen molar-refractivity contribution in [3.63, 3.8) is 0 Å². The van der Waals surface area contributed by atoms with E-state index < -0.39 is 5.82 Å². The maximum Gasteiger partial charge on any atom is 0.206 e. The van der Waals surface area contributed by atoms with Crippen LogP contribution < -0.4 is 14.2 Å². The Morgan fingerprint density at radius 3 is 1.13 bits per heavy atom. The zero-order valence-corrected chi connectivity index (χ0v) is 60.1. The fraction of sp³-hybridized carbons (Fsp3) is 0.250. The number of hydrogen-bond donors (Lipinski definition) is 3. The number of rotatable bonds is 21. The highest BCUT2D eigenvalue weighted by Gasteiger charge is 2.28.